The van der Waals surface area contributed by atoms with E-state index in [1.165, 1.54) is 10.4 Å². The maximum atomic E-state index is 9.82. The van der Waals surface area contributed by atoms with E-state index in [4.69, 9.17) is 21.3 Å². The fourth-order valence-electron chi connectivity index (χ4n) is 4.15. The minimum absolute atomic E-state index is 0.275. The molecule has 0 saturated heterocycles. The van der Waals surface area contributed by atoms with Gasteiger partial charge in [0.15, 0.2) is 0 Å². The third-order valence-corrected chi connectivity index (χ3v) is 7.50. The molecule has 0 spiro atoms. The van der Waals surface area contributed by atoms with Crippen LogP contribution in [0, 0.1) is 22.7 Å². The highest BCUT2D eigenvalue weighted by Crippen LogP contribution is 2.44. The zero-order chi connectivity index (χ0) is 22.7. The molecule has 5 heteroatoms. The predicted octanol–water partition coefficient (Wildman–Crippen LogP) is 7.75. The van der Waals surface area contributed by atoms with Crippen LogP contribution in [0.3, 0.4) is 0 Å². The SMILES string of the molecule is CC(C)(C)[C@H]1CCc2c(sc(N=Cc3ccccc3OCc3cccc(Cl)c3)c2C#N)C1. The van der Waals surface area contributed by atoms with Crippen LogP contribution >= 0.6 is 22.9 Å². The molecule has 4 rings (SSSR count). The van der Waals surface area contributed by atoms with Crippen molar-refractivity contribution in [1.82, 2.24) is 0 Å². The number of hydrogen-bond acceptors (Lipinski definition) is 4. The van der Waals surface area contributed by atoms with Gasteiger partial charge in [0.1, 0.15) is 23.4 Å². The highest BCUT2D eigenvalue weighted by atomic mass is 35.5. The zero-order valence-electron chi connectivity index (χ0n) is 18.7. The summed E-state index contributed by atoms with van der Waals surface area (Å²) in [6, 6.07) is 17.9. The summed E-state index contributed by atoms with van der Waals surface area (Å²) in [5.74, 6) is 1.39. The van der Waals surface area contributed by atoms with Gasteiger partial charge in [-0.25, -0.2) is 4.99 Å². The number of thiophene rings is 1. The number of hydrogen-bond donors (Lipinski definition) is 0. The van der Waals surface area contributed by atoms with Gasteiger partial charge >= 0.3 is 0 Å². The zero-order valence-corrected chi connectivity index (χ0v) is 20.3. The lowest BCUT2D eigenvalue weighted by molar-refractivity contribution is 0.218. The largest absolute Gasteiger partial charge is 0.488 e. The molecule has 0 unspecified atom stereocenters. The van der Waals surface area contributed by atoms with E-state index >= 15 is 0 Å². The van der Waals surface area contributed by atoms with Gasteiger partial charge in [0.05, 0.1) is 5.56 Å². The summed E-state index contributed by atoms with van der Waals surface area (Å²) in [5.41, 5.74) is 4.12. The first-order valence-corrected chi connectivity index (χ1v) is 12.1. The van der Waals surface area contributed by atoms with E-state index in [2.05, 4.69) is 26.8 Å². The monoisotopic (exact) mass is 462 g/mol. The van der Waals surface area contributed by atoms with Gasteiger partial charge in [-0.3, -0.25) is 0 Å². The second kappa shape index (κ2) is 9.48. The van der Waals surface area contributed by atoms with Crippen molar-refractivity contribution >= 4 is 34.2 Å². The number of rotatable bonds is 5. The summed E-state index contributed by atoms with van der Waals surface area (Å²) in [6.45, 7) is 7.35. The molecule has 1 aliphatic carbocycles. The summed E-state index contributed by atoms with van der Waals surface area (Å²) in [7, 11) is 0. The second-order valence-electron chi connectivity index (χ2n) is 9.32. The Hall–Kier alpha value is -2.61. The van der Waals surface area contributed by atoms with Gasteiger partial charge in [-0.1, -0.05) is 56.6 Å². The summed E-state index contributed by atoms with van der Waals surface area (Å²) in [6.07, 6.45) is 4.94. The van der Waals surface area contributed by atoms with E-state index in [1.807, 2.05) is 54.7 Å². The molecule has 3 aromatic rings. The number of halogens is 1. The van der Waals surface area contributed by atoms with Gasteiger partial charge in [-0.2, -0.15) is 5.26 Å². The van der Waals surface area contributed by atoms with E-state index in [9.17, 15) is 5.26 Å². The minimum Gasteiger partial charge on any atom is -0.488 e. The molecule has 0 aliphatic heterocycles. The maximum Gasteiger partial charge on any atom is 0.134 e. The number of nitrogens with zero attached hydrogens (tertiary/aromatic N) is 2. The lowest BCUT2D eigenvalue weighted by Crippen LogP contribution is -2.26. The van der Waals surface area contributed by atoms with Crippen molar-refractivity contribution < 1.29 is 4.74 Å². The molecule has 0 saturated carbocycles. The fourth-order valence-corrected chi connectivity index (χ4v) is 5.59. The normalized spacial score (nSPS) is 16.0. The van der Waals surface area contributed by atoms with Crippen molar-refractivity contribution in [3.63, 3.8) is 0 Å². The Morgan fingerprint density at radius 3 is 2.78 bits per heavy atom. The molecule has 0 N–H and O–H groups in total. The van der Waals surface area contributed by atoms with Crippen LogP contribution in [0.4, 0.5) is 5.00 Å². The number of aliphatic imine (C=N–C) groups is 1. The van der Waals surface area contributed by atoms with E-state index in [0.717, 1.165) is 46.7 Å². The Labute approximate surface area is 199 Å². The van der Waals surface area contributed by atoms with Crippen LogP contribution < -0.4 is 4.74 Å². The molecule has 1 aromatic heterocycles. The first-order chi connectivity index (χ1) is 15.3. The molecule has 1 heterocycles. The van der Waals surface area contributed by atoms with Gasteiger partial charge in [0.2, 0.25) is 0 Å². The van der Waals surface area contributed by atoms with Crippen molar-refractivity contribution in [2.45, 2.75) is 46.6 Å². The molecule has 164 valence electrons. The van der Waals surface area contributed by atoms with Crippen molar-refractivity contribution in [3.05, 3.63) is 80.7 Å². The third-order valence-electron chi connectivity index (χ3n) is 6.11. The lowest BCUT2D eigenvalue weighted by Gasteiger charge is -2.33. The summed E-state index contributed by atoms with van der Waals surface area (Å²) in [5, 5.41) is 11.3. The van der Waals surface area contributed by atoms with E-state index in [1.54, 1.807) is 11.3 Å². The fraction of sp³-hybridized carbons (Fsp3) is 0.333. The van der Waals surface area contributed by atoms with Crippen LogP contribution in [0.5, 0.6) is 5.75 Å². The number of nitriles is 1. The predicted molar refractivity (Wildman–Crippen MR) is 133 cm³/mol. The van der Waals surface area contributed by atoms with E-state index < -0.39 is 0 Å². The average molecular weight is 463 g/mol. The Morgan fingerprint density at radius 1 is 1.22 bits per heavy atom. The third kappa shape index (κ3) is 5.06. The topological polar surface area (TPSA) is 45.4 Å². The summed E-state index contributed by atoms with van der Waals surface area (Å²) >= 11 is 7.75. The second-order valence-corrected chi connectivity index (χ2v) is 10.8. The molecule has 0 amide bonds. The van der Waals surface area contributed by atoms with Crippen LogP contribution in [0.1, 0.15) is 54.3 Å². The summed E-state index contributed by atoms with van der Waals surface area (Å²) < 4.78 is 6.04. The van der Waals surface area contributed by atoms with Crippen molar-refractivity contribution in [2.75, 3.05) is 0 Å². The minimum atomic E-state index is 0.275. The molecular weight excluding hydrogens is 436 g/mol. The molecule has 32 heavy (non-hydrogen) atoms. The first kappa shape index (κ1) is 22.6. The standard InChI is InChI=1S/C27H27ClN2OS/c1-27(2,3)20-11-12-22-23(15-29)26(32-25(22)14-20)30-16-19-8-4-5-10-24(19)31-17-18-7-6-9-21(28)13-18/h4-10,13,16,20H,11-12,14,17H2,1-3H3/t20-/m0/s1. The van der Waals surface area contributed by atoms with Crippen LogP contribution in [0.25, 0.3) is 0 Å². The first-order valence-electron chi connectivity index (χ1n) is 10.9. The van der Waals surface area contributed by atoms with Gasteiger partial charge in [0, 0.05) is 21.7 Å². The molecule has 1 aliphatic rings. The Kier molecular flexibility index (Phi) is 6.69. The molecule has 2 aromatic carbocycles. The Morgan fingerprint density at radius 2 is 2.03 bits per heavy atom. The lowest BCUT2D eigenvalue weighted by atomic mass is 9.72. The average Bonchev–Trinajstić information content (AvgIpc) is 3.13. The number of ether oxygens (including phenoxy) is 1. The van der Waals surface area contributed by atoms with Crippen molar-refractivity contribution in [3.8, 4) is 11.8 Å². The smallest absolute Gasteiger partial charge is 0.134 e. The highest BCUT2D eigenvalue weighted by Gasteiger charge is 2.32. The number of para-hydroxylation sites is 1. The molecule has 3 nitrogen and oxygen atoms in total. The van der Waals surface area contributed by atoms with Gasteiger partial charge in [0.25, 0.3) is 0 Å². The molecule has 0 bridgehead atoms. The van der Waals surface area contributed by atoms with Crippen LogP contribution in [-0.2, 0) is 19.4 Å². The van der Waals surface area contributed by atoms with Crippen LogP contribution in [0.15, 0.2) is 53.5 Å². The van der Waals surface area contributed by atoms with Crippen LogP contribution in [-0.4, -0.2) is 6.21 Å². The van der Waals surface area contributed by atoms with Crippen LogP contribution in [0.2, 0.25) is 5.02 Å². The van der Waals surface area contributed by atoms with E-state index in [0.29, 0.717) is 17.5 Å². The molecule has 0 radical (unpaired) electrons. The number of benzene rings is 2. The van der Waals surface area contributed by atoms with Gasteiger partial charge in [-0.05, 0) is 66.0 Å². The maximum absolute atomic E-state index is 9.82. The van der Waals surface area contributed by atoms with Gasteiger partial charge < -0.3 is 4.74 Å². The molecule has 0 fully saturated rings. The Bertz CT molecular complexity index is 1180. The molecular formula is C27H27ClN2OS. The summed E-state index contributed by atoms with van der Waals surface area (Å²) in [4.78, 5) is 6.06. The van der Waals surface area contributed by atoms with Crippen molar-refractivity contribution in [2.24, 2.45) is 16.3 Å². The highest BCUT2D eigenvalue weighted by molar-refractivity contribution is 7.16. The quantitative estimate of drug-likeness (QED) is 0.364. The van der Waals surface area contributed by atoms with Crippen molar-refractivity contribution in [1.29, 1.82) is 5.26 Å². The Balaban J connectivity index is 1.55. The van der Waals surface area contributed by atoms with E-state index in [-0.39, 0.29) is 5.41 Å². The molecule has 1 atom stereocenters. The number of fused-ring (bicyclic) bond motifs is 1. The van der Waals surface area contributed by atoms with Gasteiger partial charge in [-0.15, -0.1) is 11.3 Å².